The number of aromatic carboxylic acids is 1. The highest BCUT2D eigenvalue weighted by molar-refractivity contribution is 5.91. The number of rotatable bonds is 3. The molecule has 0 unspecified atom stereocenters. The van der Waals surface area contributed by atoms with E-state index in [1.165, 1.54) is 10.6 Å². The van der Waals surface area contributed by atoms with Crippen LogP contribution < -0.4 is 23.7 Å². The highest BCUT2D eigenvalue weighted by Gasteiger charge is 2.12. The molecule has 0 atom stereocenters. The lowest BCUT2D eigenvalue weighted by Crippen LogP contribution is -3.00. The normalized spacial score (nSPS) is 10.6. The Morgan fingerprint density at radius 1 is 1.45 bits per heavy atom. The molecule has 0 aliphatic heterocycles. The first kappa shape index (κ1) is 15.9. The molecule has 8 heteroatoms. The SMILES string of the molecule is CC(C)Cn1c(=O)[nH]c(=O)c2cc(C(=O)O)cnc21.[Cl-]. The average molecular weight is 299 g/mol. The van der Waals surface area contributed by atoms with E-state index in [0.29, 0.717) is 6.54 Å². The van der Waals surface area contributed by atoms with Gasteiger partial charge in [0.1, 0.15) is 5.65 Å². The van der Waals surface area contributed by atoms with Gasteiger partial charge < -0.3 is 17.5 Å². The largest absolute Gasteiger partial charge is 1.00 e. The van der Waals surface area contributed by atoms with Crippen molar-refractivity contribution in [2.45, 2.75) is 20.4 Å². The zero-order valence-electron chi connectivity index (χ0n) is 10.9. The van der Waals surface area contributed by atoms with Gasteiger partial charge in [-0.15, -0.1) is 0 Å². The summed E-state index contributed by atoms with van der Waals surface area (Å²) in [6.45, 7) is 4.25. The fourth-order valence-corrected chi connectivity index (χ4v) is 1.82. The number of hydrogen-bond donors (Lipinski definition) is 2. The Morgan fingerprint density at radius 3 is 2.65 bits per heavy atom. The lowest BCUT2D eigenvalue weighted by molar-refractivity contribution is -0.0000199. The number of aromatic nitrogens is 3. The van der Waals surface area contributed by atoms with Crippen LogP contribution in [0.5, 0.6) is 0 Å². The number of halogens is 1. The lowest BCUT2D eigenvalue weighted by Gasteiger charge is -2.10. The predicted molar refractivity (Wildman–Crippen MR) is 68.4 cm³/mol. The minimum absolute atomic E-state index is 0. The Kier molecular flexibility index (Phi) is 4.67. The minimum Gasteiger partial charge on any atom is -1.00 e. The molecule has 0 aromatic carbocycles. The van der Waals surface area contributed by atoms with Crippen molar-refractivity contribution in [1.82, 2.24) is 14.5 Å². The van der Waals surface area contributed by atoms with Gasteiger partial charge in [0.05, 0.1) is 10.9 Å². The Hall–Kier alpha value is -2.15. The van der Waals surface area contributed by atoms with Crippen molar-refractivity contribution in [1.29, 1.82) is 0 Å². The van der Waals surface area contributed by atoms with Crippen molar-refractivity contribution in [3.8, 4) is 0 Å². The van der Waals surface area contributed by atoms with E-state index >= 15 is 0 Å². The van der Waals surface area contributed by atoms with Crippen LogP contribution in [-0.2, 0) is 6.54 Å². The number of fused-ring (bicyclic) bond motifs is 1. The number of carbonyl (C=O) groups is 1. The highest BCUT2D eigenvalue weighted by Crippen LogP contribution is 2.09. The summed E-state index contributed by atoms with van der Waals surface area (Å²) in [5.74, 6) is -0.983. The molecule has 2 N–H and O–H groups in total. The highest BCUT2D eigenvalue weighted by atomic mass is 35.5. The van der Waals surface area contributed by atoms with Crippen molar-refractivity contribution < 1.29 is 22.3 Å². The summed E-state index contributed by atoms with van der Waals surface area (Å²) < 4.78 is 1.34. The average Bonchev–Trinajstić information content (AvgIpc) is 2.33. The van der Waals surface area contributed by atoms with Gasteiger partial charge in [0.2, 0.25) is 0 Å². The molecule has 0 spiro atoms. The summed E-state index contributed by atoms with van der Waals surface area (Å²) in [5.41, 5.74) is -1.06. The number of aromatic amines is 1. The smallest absolute Gasteiger partial charge is 0.337 e. The van der Waals surface area contributed by atoms with E-state index in [9.17, 15) is 14.4 Å². The van der Waals surface area contributed by atoms with E-state index in [0.717, 1.165) is 6.20 Å². The van der Waals surface area contributed by atoms with Gasteiger partial charge in [0, 0.05) is 12.7 Å². The van der Waals surface area contributed by atoms with Crippen LogP contribution in [-0.4, -0.2) is 25.6 Å². The third kappa shape index (κ3) is 2.88. The van der Waals surface area contributed by atoms with E-state index < -0.39 is 17.2 Å². The monoisotopic (exact) mass is 298 g/mol. The van der Waals surface area contributed by atoms with Crippen LogP contribution in [0.2, 0.25) is 0 Å². The number of carboxylic acid groups (broad SMARTS) is 1. The zero-order valence-corrected chi connectivity index (χ0v) is 11.6. The third-order valence-corrected chi connectivity index (χ3v) is 2.63. The predicted octanol–water partition coefficient (Wildman–Crippen LogP) is -2.56. The van der Waals surface area contributed by atoms with Crippen LogP contribution in [0.3, 0.4) is 0 Å². The molecule has 0 bridgehead atoms. The van der Waals surface area contributed by atoms with Gasteiger partial charge in [-0.25, -0.2) is 14.6 Å². The second kappa shape index (κ2) is 5.87. The van der Waals surface area contributed by atoms with Crippen molar-refractivity contribution >= 4 is 17.0 Å². The number of nitrogens with zero attached hydrogens (tertiary/aromatic N) is 2. The Labute approximate surface area is 119 Å². The molecule has 2 aromatic rings. The van der Waals surface area contributed by atoms with Gasteiger partial charge in [-0.05, 0) is 12.0 Å². The molecule has 0 fully saturated rings. The van der Waals surface area contributed by atoms with E-state index in [2.05, 4.69) is 9.97 Å². The molecule has 7 nitrogen and oxygen atoms in total. The Balaban J connectivity index is 0.00000200. The molecule has 2 heterocycles. The summed E-state index contributed by atoms with van der Waals surface area (Å²) in [5, 5.41) is 8.98. The molecular formula is C12H13ClN3O4-. The van der Waals surface area contributed by atoms with E-state index in [1.54, 1.807) is 0 Å². The molecule has 0 saturated carbocycles. The fraction of sp³-hybridized carbons (Fsp3) is 0.333. The van der Waals surface area contributed by atoms with Gasteiger partial charge in [-0.2, -0.15) is 0 Å². The van der Waals surface area contributed by atoms with Crippen LogP contribution in [0, 0.1) is 5.92 Å². The molecule has 0 aliphatic carbocycles. The summed E-state index contributed by atoms with van der Waals surface area (Å²) in [6.07, 6.45) is 1.14. The molecule has 2 aromatic heterocycles. The molecule has 0 saturated heterocycles. The number of nitrogens with one attached hydrogen (secondary N) is 1. The molecule has 108 valence electrons. The topological polar surface area (TPSA) is 105 Å². The summed E-state index contributed by atoms with van der Waals surface area (Å²) in [4.78, 5) is 40.4. The maximum absolute atomic E-state index is 11.8. The first-order chi connectivity index (χ1) is 8.90. The number of pyridine rings is 1. The molecular weight excluding hydrogens is 286 g/mol. The number of hydrogen-bond acceptors (Lipinski definition) is 4. The first-order valence-electron chi connectivity index (χ1n) is 5.76. The second-order valence-electron chi connectivity index (χ2n) is 4.66. The van der Waals surface area contributed by atoms with Crippen LogP contribution in [0.25, 0.3) is 11.0 Å². The molecule has 0 amide bonds. The van der Waals surface area contributed by atoms with Gasteiger partial charge in [-0.1, -0.05) is 13.8 Å². The van der Waals surface area contributed by atoms with E-state index in [4.69, 9.17) is 5.11 Å². The van der Waals surface area contributed by atoms with Crippen molar-refractivity contribution in [3.63, 3.8) is 0 Å². The number of H-pyrrole nitrogens is 1. The van der Waals surface area contributed by atoms with Crippen molar-refractivity contribution in [2.24, 2.45) is 5.92 Å². The van der Waals surface area contributed by atoms with Crippen LogP contribution in [0.1, 0.15) is 24.2 Å². The van der Waals surface area contributed by atoms with E-state index in [1.807, 2.05) is 13.8 Å². The standard InChI is InChI=1S/C12H13N3O4.ClH/c1-6(2)5-15-9-8(10(16)14-12(15)19)3-7(4-13-9)11(17)18;/h3-4,6H,5H2,1-2H3,(H,17,18)(H,14,16,19);1H/p-1. The number of carboxylic acids is 1. The summed E-state index contributed by atoms with van der Waals surface area (Å²) in [7, 11) is 0. The third-order valence-electron chi connectivity index (χ3n) is 2.63. The van der Waals surface area contributed by atoms with Crippen molar-refractivity contribution in [3.05, 3.63) is 38.7 Å². The maximum Gasteiger partial charge on any atom is 0.337 e. The minimum atomic E-state index is -1.17. The fourth-order valence-electron chi connectivity index (χ4n) is 1.82. The van der Waals surface area contributed by atoms with Gasteiger partial charge in [0.25, 0.3) is 5.56 Å². The molecule has 20 heavy (non-hydrogen) atoms. The second-order valence-corrected chi connectivity index (χ2v) is 4.66. The Morgan fingerprint density at radius 2 is 2.10 bits per heavy atom. The van der Waals surface area contributed by atoms with Gasteiger partial charge >= 0.3 is 11.7 Å². The lowest BCUT2D eigenvalue weighted by atomic mass is 10.2. The zero-order chi connectivity index (χ0) is 14.2. The Bertz CT molecular complexity index is 763. The quantitative estimate of drug-likeness (QED) is 0.649. The first-order valence-corrected chi connectivity index (χ1v) is 5.76. The van der Waals surface area contributed by atoms with Crippen LogP contribution in [0.4, 0.5) is 0 Å². The van der Waals surface area contributed by atoms with Gasteiger partial charge in [-0.3, -0.25) is 14.3 Å². The van der Waals surface area contributed by atoms with Crippen LogP contribution in [0.15, 0.2) is 21.9 Å². The summed E-state index contributed by atoms with van der Waals surface area (Å²) in [6, 6.07) is 1.22. The summed E-state index contributed by atoms with van der Waals surface area (Å²) >= 11 is 0. The van der Waals surface area contributed by atoms with E-state index in [-0.39, 0.29) is 34.9 Å². The molecule has 2 rings (SSSR count). The van der Waals surface area contributed by atoms with Crippen LogP contribution >= 0.6 is 0 Å². The van der Waals surface area contributed by atoms with Gasteiger partial charge in [0.15, 0.2) is 0 Å². The maximum atomic E-state index is 11.8. The molecule has 0 radical (unpaired) electrons. The van der Waals surface area contributed by atoms with Crippen molar-refractivity contribution in [2.75, 3.05) is 0 Å². The molecule has 0 aliphatic rings.